The first-order chi connectivity index (χ1) is 10.3. The molecule has 118 valence electrons. The zero-order valence-electron chi connectivity index (χ0n) is 13.0. The summed E-state index contributed by atoms with van der Waals surface area (Å²) in [5, 5.41) is 0.732. The largest absolute Gasteiger partial charge is 0.295 e. The van der Waals surface area contributed by atoms with E-state index in [2.05, 4.69) is 11.8 Å². The predicted octanol–water partition coefficient (Wildman–Crippen LogP) is 3.94. The molecule has 0 radical (unpaired) electrons. The van der Waals surface area contributed by atoms with Crippen molar-refractivity contribution in [2.24, 2.45) is 0 Å². The third kappa shape index (κ3) is 4.32. The average molecular weight is 338 g/mol. The molecule has 5 heteroatoms. The van der Waals surface area contributed by atoms with Gasteiger partial charge in [0.2, 0.25) is 0 Å². The Morgan fingerprint density at radius 3 is 2.32 bits per heavy atom. The Morgan fingerprint density at radius 1 is 1.14 bits per heavy atom. The fraction of sp³-hybridized carbons (Fsp3) is 0.294. The van der Waals surface area contributed by atoms with Gasteiger partial charge in [-0.25, -0.2) is 8.42 Å². The van der Waals surface area contributed by atoms with Gasteiger partial charge >= 0.3 is 0 Å². The minimum atomic E-state index is -3.15. The van der Waals surface area contributed by atoms with Gasteiger partial charge in [-0.2, -0.15) is 0 Å². The number of sulfone groups is 1. The molecule has 2 aromatic carbocycles. The van der Waals surface area contributed by atoms with E-state index in [4.69, 9.17) is 11.6 Å². The van der Waals surface area contributed by atoms with Crippen molar-refractivity contribution in [2.45, 2.75) is 24.4 Å². The van der Waals surface area contributed by atoms with E-state index in [1.165, 1.54) is 6.26 Å². The van der Waals surface area contributed by atoms with Gasteiger partial charge in [-0.1, -0.05) is 35.9 Å². The van der Waals surface area contributed by atoms with Crippen LogP contribution in [0.4, 0.5) is 0 Å². The van der Waals surface area contributed by atoms with Crippen LogP contribution in [0.5, 0.6) is 0 Å². The molecule has 0 N–H and O–H groups in total. The van der Waals surface area contributed by atoms with Gasteiger partial charge < -0.3 is 0 Å². The summed E-state index contributed by atoms with van der Waals surface area (Å²) in [7, 11) is -1.11. The van der Waals surface area contributed by atoms with Crippen molar-refractivity contribution in [1.82, 2.24) is 4.90 Å². The van der Waals surface area contributed by atoms with Crippen LogP contribution >= 0.6 is 11.6 Å². The second-order valence-electron chi connectivity index (χ2n) is 5.56. The summed E-state index contributed by atoms with van der Waals surface area (Å²) in [6.07, 6.45) is 1.22. The lowest BCUT2D eigenvalue weighted by Gasteiger charge is -2.25. The van der Waals surface area contributed by atoms with Gasteiger partial charge in [-0.05, 0) is 49.4 Å². The first-order valence-corrected chi connectivity index (χ1v) is 9.29. The normalized spacial score (nSPS) is 13.3. The summed E-state index contributed by atoms with van der Waals surface area (Å²) in [6, 6.07) is 15.0. The van der Waals surface area contributed by atoms with Gasteiger partial charge in [0, 0.05) is 23.9 Å². The third-order valence-electron chi connectivity index (χ3n) is 3.77. The molecule has 0 saturated carbocycles. The van der Waals surface area contributed by atoms with Gasteiger partial charge in [0.05, 0.1) is 4.90 Å². The molecule has 0 aliphatic heterocycles. The van der Waals surface area contributed by atoms with E-state index in [9.17, 15) is 8.42 Å². The molecule has 3 nitrogen and oxygen atoms in total. The van der Waals surface area contributed by atoms with Crippen molar-refractivity contribution in [3.05, 3.63) is 64.7 Å². The zero-order valence-corrected chi connectivity index (χ0v) is 14.5. The minimum absolute atomic E-state index is 0.174. The van der Waals surface area contributed by atoms with Crippen LogP contribution in [0.3, 0.4) is 0 Å². The highest BCUT2D eigenvalue weighted by atomic mass is 35.5. The fourth-order valence-electron chi connectivity index (χ4n) is 2.31. The van der Waals surface area contributed by atoms with E-state index in [0.29, 0.717) is 4.90 Å². The highest BCUT2D eigenvalue weighted by Crippen LogP contribution is 2.23. The number of rotatable bonds is 5. The van der Waals surface area contributed by atoms with Crippen LogP contribution in [0, 0.1) is 0 Å². The van der Waals surface area contributed by atoms with Crippen LogP contribution in [0.25, 0.3) is 0 Å². The molecule has 22 heavy (non-hydrogen) atoms. The maximum atomic E-state index is 11.5. The summed E-state index contributed by atoms with van der Waals surface area (Å²) < 4.78 is 23.0. The predicted molar refractivity (Wildman–Crippen MR) is 90.9 cm³/mol. The van der Waals surface area contributed by atoms with Crippen LogP contribution in [0.2, 0.25) is 5.02 Å². The van der Waals surface area contributed by atoms with Crippen LogP contribution < -0.4 is 0 Å². The lowest BCUT2D eigenvalue weighted by atomic mass is 10.1. The number of hydrogen-bond acceptors (Lipinski definition) is 3. The molecule has 0 fully saturated rings. The lowest BCUT2D eigenvalue weighted by Crippen LogP contribution is -2.21. The van der Waals surface area contributed by atoms with Crippen molar-refractivity contribution in [3.8, 4) is 0 Å². The Labute approximate surface area is 137 Å². The number of hydrogen-bond donors (Lipinski definition) is 0. The first-order valence-electron chi connectivity index (χ1n) is 7.02. The van der Waals surface area contributed by atoms with Gasteiger partial charge in [-0.3, -0.25) is 4.90 Å². The SMILES string of the molecule is CC(c1ccc(S(C)(=O)=O)cc1)N(C)Cc1cccc(Cl)c1. The first kappa shape index (κ1) is 17.0. The molecule has 0 bridgehead atoms. The monoisotopic (exact) mass is 337 g/mol. The smallest absolute Gasteiger partial charge is 0.175 e. The third-order valence-corrected chi connectivity index (χ3v) is 5.14. The maximum Gasteiger partial charge on any atom is 0.175 e. The lowest BCUT2D eigenvalue weighted by molar-refractivity contribution is 0.253. The number of halogens is 1. The molecule has 2 rings (SSSR count). The summed E-state index contributed by atoms with van der Waals surface area (Å²) in [5.74, 6) is 0. The van der Waals surface area contributed by atoms with E-state index in [0.717, 1.165) is 22.7 Å². The highest BCUT2D eigenvalue weighted by Gasteiger charge is 2.13. The van der Waals surface area contributed by atoms with E-state index in [1.54, 1.807) is 12.1 Å². The van der Waals surface area contributed by atoms with Crippen molar-refractivity contribution in [3.63, 3.8) is 0 Å². The summed E-state index contributed by atoms with van der Waals surface area (Å²) in [6.45, 7) is 2.87. The molecule has 1 unspecified atom stereocenters. The van der Waals surface area contributed by atoms with Gasteiger partial charge in [-0.15, -0.1) is 0 Å². The highest BCUT2D eigenvalue weighted by molar-refractivity contribution is 7.90. The topological polar surface area (TPSA) is 37.4 Å². The molecule has 0 saturated heterocycles. The van der Waals surface area contributed by atoms with E-state index >= 15 is 0 Å². The molecule has 1 atom stereocenters. The molecular weight excluding hydrogens is 318 g/mol. The molecule has 0 spiro atoms. The molecule has 0 aromatic heterocycles. The number of nitrogens with zero attached hydrogens (tertiary/aromatic N) is 1. The summed E-state index contributed by atoms with van der Waals surface area (Å²) in [4.78, 5) is 2.54. The van der Waals surface area contributed by atoms with Crippen molar-refractivity contribution in [2.75, 3.05) is 13.3 Å². The average Bonchev–Trinajstić information content (AvgIpc) is 2.45. The Kier molecular flexibility index (Phi) is 5.27. The van der Waals surface area contributed by atoms with Crippen LogP contribution in [-0.4, -0.2) is 26.6 Å². The van der Waals surface area contributed by atoms with Crippen molar-refractivity contribution < 1.29 is 8.42 Å². The van der Waals surface area contributed by atoms with Crippen molar-refractivity contribution in [1.29, 1.82) is 0 Å². The van der Waals surface area contributed by atoms with E-state index < -0.39 is 9.84 Å². The Morgan fingerprint density at radius 2 is 1.77 bits per heavy atom. The zero-order chi connectivity index (χ0) is 16.3. The summed E-state index contributed by atoms with van der Waals surface area (Å²) >= 11 is 6.01. The molecular formula is C17H20ClNO2S. The molecule has 0 amide bonds. The standard InChI is InChI=1S/C17H20ClNO2S/c1-13(15-7-9-17(10-8-15)22(3,20)21)19(2)12-14-5-4-6-16(18)11-14/h4-11,13H,12H2,1-3H3. The van der Waals surface area contributed by atoms with Crippen molar-refractivity contribution >= 4 is 21.4 Å². The Balaban J connectivity index is 2.12. The fourth-order valence-corrected chi connectivity index (χ4v) is 3.15. The second-order valence-corrected chi connectivity index (χ2v) is 8.01. The van der Waals surface area contributed by atoms with E-state index in [1.807, 2.05) is 43.4 Å². The Hall–Kier alpha value is -1.36. The molecule has 0 aliphatic carbocycles. The Bertz CT molecular complexity index is 742. The minimum Gasteiger partial charge on any atom is -0.295 e. The van der Waals surface area contributed by atoms with Crippen LogP contribution in [0.1, 0.15) is 24.1 Å². The van der Waals surface area contributed by atoms with Gasteiger partial charge in [0.1, 0.15) is 0 Å². The van der Waals surface area contributed by atoms with E-state index in [-0.39, 0.29) is 6.04 Å². The van der Waals surface area contributed by atoms with Gasteiger partial charge in [0.25, 0.3) is 0 Å². The molecule has 0 heterocycles. The van der Waals surface area contributed by atoms with Crippen LogP contribution in [-0.2, 0) is 16.4 Å². The number of benzene rings is 2. The quantitative estimate of drug-likeness (QED) is 0.829. The van der Waals surface area contributed by atoms with Crippen LogP contribution in [0.15, 0.2) is 53.4 Å². The molecule has 0 aliphatic rings. The van der Waals surface area contributed by atoms with Gasteiger partial charge in [0.15, 0.2) is 9.84 Å². The summed E-state index contributed by atoms with van der Waals surface area (Å²) in [5.41, 5.74) is 2.23. The maximum absolute atomic E-state index is 11.5. The second kappa shape index (κ2) is 6.82. The molecule has 2 aromatic rings.